The van der Waals surface area contributed by atoms with E-state index < -0.39 is 20.9 Å². The molecule has 368 valence electrons. The number of aromatic nitrogens is 1. The number of rotatable bonds is 8. The molecule has 0 aliphatic carbocycles. The van der Waals surface area contributed by atoms with Crippen molar-refractivity contribution < 1.29 is 25.8 Å². The average molecular weight is 1250 g/mol. The van der Waals surface area contributed by atoms with Gasteiger partial charge < -0.3 is 0 Å². The molecule has 0 atom stereocenters. The van der Waals surface area contributed by atoms with Gasteiger partial charge in [0, 0.05) is 32.2 Å². The van der Waals surface area contributed by atoms with E-state index >= 15 is 0 Å². The molecule has 0 radical (unpaired) electrons. The van der Waals surface area contributed by atoms with Crippen molar-refractivity contribution in [2.24, 2.45) is 0 Å². The Morgan fingerprint density at radius 2 is 1.07 bits per heavy atom. The van der Waals surface area contributed by atoms with Crippen molar-refractivity contribution in [1.29, 1.82) is 0 Å². The van der Waals surface area contributed by atoms with Gasteiger partial charge in [0.2, 0.25) is 0 Å². The summed E-state index contributed by atoms with van der Waals surface area (Å²) in [5, 5.41) is 0. The molecule has 1 aromatic heterocycles. The summed E-state index contributed by atoms with van der Waals surface area (Å²) < 4.78 is 9.45. The molecule has 0 saturated carbocycles. The Hall–Kier alpha value is -6.41. The van der Waals surface area contributed by atoms with Gasteiger partial charge in [-0.3, -0.25) is 0 Å². The minimum atomic E-state index is -0.785. The third kappa shape index (κ3) is 10.0. The standard InChI is InChI=1S/C66H59N4OTe.Pt/c1-64(2,3)48-34-35-67-62(40-48)70-58-32-30-46(44-20-12-10-13-21-44)38-61(58)72-60-33-31-53(42-59(60)70)71-52-25-18-24-51(41-52)68-43-69(57-29-17-16-28-56(57)68)63-54(45-22-14-11-15-23-45)26-19-27-55(63)47-36-49(65(4,5)6)39-50(37-47)66(7,8)9;/h10-40,43H,1-9H3;/q-3;. The van der Waals surface area contributed by atoms with Crippen LogP contribution in [0.1, 0.15) is 79.0 Å². The van der Waals surface area contributed by atoms with Crippen LogP contribution in [-0.2, 0) is 37.3 Å². The van der Waals surface area contributed by atoms with Crippen molar-refractivity contribution in [3.63, 3.8) is 0 Å². The van der Waals surface area contributed by atoms with Crippen molar-refractivity contribution in [1.82, 2.24) is 4.98 Å². The molecule has 2 aliphatic rings. The number of para-hydroxylation sites is 3. The number of ether oxygens (including phenoxy) is 1. The molecule has 73 heavy (non-hydrogen) atoms. The molecule has 3 heterocycles. The Morgan fingerprint density at radius 1 is 0.466 bits per heavy atom. The summed E-state index contributed by atoms with van der Waals surface area (Å²) in [6, 6.07) is 73.1. The summed E-state index contributed by atoms with van der Waals surface area (Å²) in [6.45, 7) is 22.8. The molecule has 11 rings (SSSR count). The second-order valence-corrected chi connectivity index (χ2v) is 25.0. The summed E-state index contributed by atoms with van der Waals surface area (Å²) in [5.74, 6) is 2.09. The molecular formula is C66H59N4OPtTe-3. The molecule has 2 aliphatic heterocycles. The van der Waals surface area contributed by atoms with Gasteiger partial charge in [-0.05, 0) is 33.1 Å². The van der Waals surface area contributed by atoms with E-state index in [4.69, 9.17) is 9.72 Å². The van der Waals surface area contributed by atoms with Gasteiger partial charge in [0.15, 0.2) is 0 Å². The number of fused-ring (bicyclic) bond motifs is 3. The van der Waals surface area contributed by atoms with Crippen LogP contribution in [0.25, 0.3) is 33.4 Å². The predicted octanol–water partition coefficient (Wildman–Crippen LogP) is 16.2. The van der Waals surface area contributed by atoms with Crippen LogP contribution in [0.3, 0.4) is 0 Å². The van der Waals surface area contributed by atoms with E-state index in [2.05, 4.69) is 272 Å². The third-order valence-electron chi connectivity index (χ3n) is 13.7. The summed E-state index contributed by atoms with van der Waals surface area (Å²) in [5.41, 5.74) is 17.1. The van der Waals surface area contributed by atoms with Crippen LogP contribution in [0.15, 0.2) is 188 Å². The van der Waals surface area contributed by atoms with E-state index in [0.717, 1.165) is 51.1 Å². The SMILES string of the molecule is CC(C)(C)c1cc(-c2cccc(-c3ccccc3)c2N2[CH-]N(c3[c-]c(Oc4[c-]c5c(cc4)[Te]c4cc(-c6ccccc6)ccc4N5c4cc(C(C)(C)C)ccn4)ccc3)c3ccccc32)cc(C(C)(C)C)c1.[Pt]. The first-order valence-electron chi connectivity index (χ1n) is 24.8. The zero-order valence-corrected chi connectivity index (χ0v) is 47.5. The fourth-order valence-corrected chi connectivity index (χ4v) is 12.6. The molecule has 0 fully saturated rings. The first kappa shape index (κ1) is 50.1. The normalized spacial score (nSPS) is 13.2. The van der Waals surface area contributed by atoms with Crippen molar-refractivity contribution in [2.75, 3.05) is 14.7 Å². The van der Waals surface area contributed by atoms with Crippen LogP contribution in [0.4, 0.5) is 39.9 Å². The Balaban J connectivity index is 0.00000611. The van der Waals surface area contributed by atoms with Crippen molar-refractivity contribution in [2.45, 2.75) is 78.6 Å². The number of pyridine rings is 1. The van der Waals surface area contributed by atoms with Crippen LogP contribution >= 0.6 is 0 Å². The van der Waals surface area contributed by atoms with Crippen molar-refractivity contribution in [3.05, 3.63) is 224 Å². The number of hydrogen-bond donors (Lipinski definition) is 0. The molecule has 9 aromatic rings. The maximum Gasteiger partial charge on any atom is 0 e. The Bertz CT molecular complexity index is 3450. The first-order valence-corrected chi connectivity index (χ1v) is 27.2. The maximum atomic E-state index is 6.80. The van der Waals surface area contributed by atoms with Gasteiger partial charge in [-0.2, -0.15) is 0 Å². The number of benzene rings is 8. The number of hydrogen-bond acceptors (Lipinski definition) is 5. The first-order chi connectivity index (χ1) is 34.6. The summed E-state index contributed by atoms with van der Waals surface area (Å²) in [6.07, 6.45) is 1.93. The monoisotopic (exact) mass is 1250 g/mol. The molecule has 0 unspecified atom stereocenters. The van der Waals surface area contributed by atoms with E-state index in [1.165, 1.54) is 46.2 Å². The van der Waals surface area contributed by atoms with Crippen LogP contribution in [0, 0.1) is 18.8 Å². The van der Waals surface area contributed by atoms with Gasteiger partial charge >= 0.3 is 281 Å². The second kappa shape index (κ2) is 19.8. The number of nitrogens with zero attached hydrogens (tertiary/aromatic N) is 4. The molecule has 0 spiro atoms. The van der Waals surface area contributed by atoms with Crippen molar-refractivity contribution in [3.8, 4) is 44.9 Å². The summed E-state index contributed by atoms with van der Waals surface area (Å²) >= 11 is -0.785. The molecule has 0 amide bonds. The van der Waals surface area contributed by atoms with E-state index in [1.807, 2.05) is 12.3 Å². The van der Waals surface area contributed by atoms with E-state index in [9.17, 15) is 0 Å². The predicted molar refractivity (Wildman–Crippen MR) is 302 cm³/mol. The van der Waals surface area contributed by atoms with Gasteiger partial charge in [-0.15, -0.1) is 0 Å². The summed E-state index contributed by atoms with van der Waals surface area (Å²) in [4.78, 5) is 11.9. The molecule has 0 N–H and O–H groups in total. The van der Waals surface area contributed by atoms with Crippen LogP contribution in [0.5, 0.6) is 11.5 Å². The molecule has 7 heteroatoms. The number of anilines is 7. The zero-order valence-electron chi connectivity index (χ0n) is 42.9. The van der Waals surface area contributed by atoms with E-state index in [0.29, 0.717) is 11.5 Å². The quantitative estimate of drug-likeness (QED) is 0.112. The van der Waals surface area contributed by atoms with Crippen LogP contribution in [0.2, 0.25) is 0 Å². The second-order valence-electron chi connectivity index (χ2n) is 21.9. The average Bonchev–Trinajstić information content (AvgIpc) is 3.77. The topological polar surface area (TPSA) is 31.8 Å². The fraction of sp³-hybridized carbons (Fsp3) is 0.182. The van der Waals surface area contributed by atoms with Gasteiger partial charge in [0.1, 0.15) is 0 Å². The van der Waals surface area contributed by atoms with Gasteiger partial charge in [-0.1, -0.05) is 114 Å². The van der Waals surface area contributed by atoms with Crippen LogP contribution < -0.4 is 26.7 Å². The van der Waals surface area contributed by atoms with Gasteiger partial charge in [0.25, 0.3) is 0 Å². The minimum absolute atomic E-state index is 0. The van der Waals surface area contributed by atoms with Crippen molar-refractivity contribution >= 4 is 68.1 Å². The molecule has 5 nitrogen and oxygen atoms in total. The van der Waals surface area contributed by atoms with E-state index in [1.54, 1.807) is 0 Å². The smallest absolute Gasteiger partial charge is 0 e. The Morgan fingerprint density at radius 3 is 1.74 bits per heavy atom. The van der Waals surface area contributed by atoms with Gasteiger partial charge in [-0.25, -0.2) is 0 Å². The molecule has 8 aromatic carbocycles. The van der Waals surface area contributed by atoms with Gasteiger partial charge in [0.05, 0.1) is 0 Å². The fourth-order valence-electron chi connectivity index (χ4n) is 9.61. The molecular weight excluding hydrogens is 1190 g/mol. The largest absolute Gasteiger partial charge is 0.0561 e. The Kier molecular flexibility index (Phi) is 13.6. The molecule has 0 saturated heterocycles. The summed E-state index contributed by atoms with van der Waals surface area (Å²) in [7, 11) is 0. The third-order valence-corrected chi connectivity index (χ3v) is 16.8. The minimum Gasteiger partial charge on any atom is -0.0561 e. The maximum absolute atomic E-state index is 6.80. The van der Waals surface area contributed by atoms with E-state index in [-0.39, 0.29) is 37.3 Å². The Labute approximate surface area is 457 Å². The molecule has 0 bridgehead atoms. The zero-order chi connectivity index (χ0) is 49.9. The van der Waals surface area contributed by atoms with Crippen LogP contribution in [-0.4, -0.2) is 25.9 Å².